The van der Waals surface area contributed by atoms with Crippen LogP contribution in [0.2, 0.25) is 0 Å². The molecule has 4 nitrogen and oxygen atoms in total. The molecule has 0 aliphatic carbocycles. The van der Waals surface area contributed by atoms with Gasteiger partial charge in [-0.3, -0.25) is 9.69 Å². The molecule has 1 saturated heterocycles. The number of rotatable bonds is 6. The molecule has 1 unspecified atom stereocenters. The molecule has 82 valence electrons. The third-order valence-electron chi connectivity index (χ3n) is 2.38. The first kappa shape index (κ1) is 11.5. The van der Waals surface area contributed by atoms with Crippen LogP contribution in [0.5, 0.6) is 0 Å². The van der Waals surface area contributed by atoms with Crippen LogP contribution < -0.4 is 0 Å². The Labute approximate surface area is 84.8 Å². The van der Waals surface area contributed by atoms with E-state index < -0.39 is 5.97 Å². The Morgan fingerprint density at radius 1 is 1.64 bits per heavy atom. The van der Waals surface area contributed by atoms with Crippen LogP contribution in [0, 0.1) is 0 Å². The lowest BCUT2D eigenvalue weighted by atomic mass is 10.2. The van der Waals surface area contributed by atoms with Gasteiger partial charge >= 0.3 is 5.97 Å². The summed E-state index contributed by atoms with van der Waals surface area (Å²) in [4.78, 5) is 12.5. The van der Waals surface area contributed by atoms with E-state index in [-0.39, 0.29) is 12.6 Å². The SMILES string of the molecule is CCCN(CC(=O)O)CC1CCCO1. The minimum absolute atomic E-state index is 0.133. The molecular formula is C10H19NO3. The molecule has 1 heterocycles. The van der Waals surface area contributed by atoms with E-state index >= 15 is 0 Å². The van der Waals surface area contributed by atoms with E-state index in [1.54, 1.807) is 0 Å². The van der Waals surface area contributed by atoms with Gasteiger partial charge in [-0.05, 0) is 25.8 Å². The Hall–Kier alpha value is -0.610. The zero-order valence-corrected chi connectivity index (χ0v) is 8.74. The Bertz CT molecular complexity index is 178. The second kappa shape index (κ2) is 5.98. The molecule has 1 rings (SSSR count). The predicted molar refractivity (Wildman–Crippen MR) is 53.3 cm³/mol. The van der Waals surface area contributed by atoms with Crippen molar-refractivity contribution >= 4 is 5.97 Å². The van der Waals surface area contributed by atoms with Crippen molar-refractivity contribution in [3.05, 3.63) is 0 Å². The van der Waals surface area contributed by atoms with Crippen LogP contribution in [0.1, 0.15) is 26.2 Å². The number of hydrogen-bond acceptors (Lipinski definition) is 3. The quantitative estimate of drug-likeness (QED) is 0.695. The standard InChI is InChI=1S/C10H19NO3/c1-2-5-11(8-10(12)13)7-9-4-3-6-14-9/h9H,2-8H2,1H3,(H,12,13). The van der Waals surface area contributed by atoms with E-state index in [1.807, 2.05) is 4.90 Å². The predicted octanol–water partition coefficient (Wildman–Crippen LogP) is 0.962. The Kier molecular flexibility index (Phi) is 4.90. The maximum atomic E-state index is 10.6. The van der Waals surface area contributed by atoms with Gasteiger partial charge in [-0.1, -0.05) is 6.92 Å². The number of hydrogen-bond donors (Lipinski definition) is 1. The highest BCUT2D eigenvalue weighted by atomic mass is 16.5. The minimum atomic E-state index is -0.753. The van der Waals surface area contributed by atoms with Crippen LogP contribution in [-0.2, 0) is 9.53 Å². The van der Waals surface area contributed by atoms with Crippen molar-refractivity contribution in [2.45, 2.75) is 32.3 Å². The van der Waals surface area contributed by atoms with Gasteiger partial charge < -0.3 is 9.84 Å². The van der Waals surface area contributed by atoms with Gasteiger partial charge in [0, 0.05) is 13.2 Å². The van der Waals surface area contributed by atoms with E-state index in [0.29, 0.717) is 0 Å². The fraction of sp³-hybridized carbons (Fsp3) is 0.900. The van der Waals surface area contributed by atoms with Gasteiger partial charge in [0.2, 0.25) is 0 Å². The topological polar surface area (TPSA) is 49.8 Å². The molecule has 4 heteroatoms. The zero-order chi connectivity index (χ0) is 10.4. The normalized spacial score (nSPS) is 21.7. The van der Waals surface area contributed by atoms with Gasteiger partial charge in [0.05, 0.1) is 12.6 Å². The number of carbonyl (C=O) groups is 1. The van der Waals surface area contributed by atoms with Crippen LogP contribution in [0.4, 0.5) is 0 Å². The van der Waals surface area contributed by atoms with Crippen molar-refractivity contribution in [2.75, 3.05) is 26.2 Å². The lowest BCUT2D eigenvalue weighted by Crippen LogP contribution is -2.36. The van der Waals surface area contributed by atoms with E-state index in [0.717, 1.165) is 39.0 Å². The number of carboxylic acid groups (broad SMARTS) is 1. The summed E-state index contributed by atoms with van der Waals surface area (Å²) in [5.41, 5.74) is 0. The van der Waals surface area contributed by atoms with Crippen LogP contribution in [-0.4, -0.2) is 48.3 Å². The number of aliphatic carboxylic acids is 1. The average Bonchev–Trinajstić information content (AvgIpc) is 2.56. The molecular weight excluding hydrogens is 182 g/mol. The van der Waals surface area contributed by atoms with Crippen LogP contribution in [0.25, 0.3) is 0 Å². The van der Waals surface area contributed by atoms with Gasteiger partial charge in [-0.15, -0.1) is 0 Å². The van der Waals surface area contributed by atoms with Gasteiger partial charge in [-0.25, -0.2) is 0 Å². The largest absolute Gasteiger partial charge is 0.480 e. The smallest absolute Gasteiger partial charge is 0.317 e. The Morgan fingerprint density at radius 2 is 2.43 bits per heavy atom. The summed E-state index contributed by atoms with van der Waals surface area (Å²) in [5.74, 6) is -0.753. The van der Waals surface area contributed by atoms with E-state index in [9.17, 15) is 4.79 Å². The van der Waals surface area contributed by atoms with Gasteiger partial charge in [0.1, 0.15) is 0 Å². The van der Waals surface area contributed by atoms with Crippen LogP contribution in [0.15, 0.2) is 0 Å². The van der Waals surface area contributed by atoms with Crippen molar-refractivity contribution in [1.82, 2.24) is 4.90 Å². The summed E-state index contributed by atoms with van der Waals surface area (Å²) < 4.78 is 5.48. The maximum absolute atomic E-state index is 10.6. The zero-order valence-electron chi connectivity index (χ0n) is 8.74. The molecule has 1 aliphatic heterocycles. The maximum Gasteiger partial charge on any atom is 0.317 e. The molecule has 0 aromatic carbocycles. The summed E-state index contributed by atoms with van der Waals surface area (Å²) in [7, 11) is 0. The van der Waals surface area contributed by atoms with Crippen LogP contribution in [0.3, 0.4) is 0 Å². The monoisotopic (exact) mass is 201 g/mol. The van der Waals surface area contributed by atoms with E-state index in [4.69, 9.17) is 9.84 Å². The lowest BCUT2D eigenvalue weighted by Gasteiger charge is -2.22. The molecule has 0 aromatic rings. The summed E-state index contributed by atoms with van der Waals surface area (Å²) in [5, 5.41) is 8.70. The molecule has 0 saturated carbocycles. The molecule has 14 heavy (non-hydrogen) atoms. The third-order valence-corrected chi connectivity index (χ3v) is 2.38. The lowest BCUT2D eigenvalue weighted by molar-refractivity contribution is -0.138. The van der Waals surface area contributed by atoms with Gasteiger partial charge in [0.15, 0.2) is 0 Å². The number of carboxylic acids is 1. The summed E-state index contributed by atoms with van der Waals surface area (Å²) in [6.45, 7) is 4.63. The average molecular weight is 201 g/mol. The van der Waals surface area contributed by atoms with Gasteiger partial charge in [0.25, 0.3) is 0 Å². The van der Waals surface area contributed by atoms with Crippen molar-refractivity contribution in [3.63, 3.8) is 0 Å². The molecule has 1 atom stereocenters. The fourth-order valence-corrected chi connectivity index (χ4v) is 1.82. The molecule has 1 N–H and O–H groups in total. The van der Waals surface area contributed by atoms with Crippen molar-refractivity contribution in [3.8, 4) is 0 Å². The second-order valence-electron chi connectivity index (χ2n) is 3.76. The molecule has 1 fully saturated rings. The minimum Gasteiger partial charge on any atom is -0.480 e. The van der Waals surface area contributed by atoms with Crippen molar-refractivity contribution in [2.24, 2.45) is 0 Å². The molecule has 1 aliphatic rings. The summed E-state index contributed by atoms with van der Waals surface area (Å²) in [6.07, 6.45) is 3.42. The Morgan fingerprint density at radius 3 is 2.93 bits per heavy atom. The summed E-state index contributed by atoms with van der Waals surface area (Å²) >= 11 is 0. The first-order valence-electron chi connectivity index (χ1n) is 5.28. The summed E-state index contributed by atoms with van der Waals surface area (Å²) in [6, 6.07) is 0. The second-order valence-corrected chi connectivity index (χ2v) is 3.76. The Balaban J connectivity index is 2.29. The molecule has 0 spiro atoms. The molecule has 0 amide bonds. The highest BCUT2D eigenvalue weighted by Gasteiger charge is 2.19. The molecule has 0 radical (unpaired) electrons. The molecule has 0 bridgehead atoms. The highest BCUT2D eigenvalue weighted by molar-refractivity contribution is 5.69. The van der Waals surface area contributed by atoms with E-state index in [1.165, 1.54) is 0 Å². The van der Waals surface area contributed by atoms with Crippen LogP contribution >= 0.6 is 0 Å². The highest BCUT2D eigenvalue weighted by Crippen LogP contribution is 2.13. The van der Waals surface area contributed by atoms with Crippen molar-refractivity contribution < 1.29 is 14.6 Å². The number of ether oxygens (including phenoxy) is 1. The number of nitrogens with zero attached hydrogens (tertiary/aromatic N) is 1. The molecule has 0 aromatic heterocycles. The fourth-order valence-electron chi connectivity index (χ4n) is 1.82. The first-order chi connectivity index (χ1) is 6.72. The van der Waals surface area contributed by atoms with E-state index in [2.05, 4.69) is 6.92 Å². The third kappa shape index (κ3) is 4.07. The van der Waals surface area contributed by atoms with Crippen molar-refractivity contribution in [1.29, 1.82) is 0 Å². The van der Waals surface area contributed by atoms with Gasteiger partial charge in [-0.2, -0.15) is 0 Å². The first-order valence-corrected chi connectivity index (χ1v) is 5.28.